The van der Waals surface area contributed by atoms with Crippen LogP contribution in [0.1, 0.15) is 280 Å². The van der Waals surface area contributed by atoms with E-state index in [0.29, 0.717) is 0 Å². The zero-order chi connectivity index (χ0) is 70.0. The van der Waals surface area contributed by atoms with Crippen LogP contribution in [-0.2, 0) is 21.7 Å². The lowest BCUT2D eigenvalue weighted by atomic mass is 9.68. The Morgan fingerprint density at radius 2 is 0.441 bits per heavy atom. The highest BCUT2D eigenvalue weighted by Gasteiger charge is 2.51. The molecular weight excluding hydrogens is 1230 g/mol. The molecule has 11 aromatic carbocycles. The first-order valence-corrected chi connectivity index (χ1v) is 41.0. The Kier molecular flexibility index (Phi) is 20.5. The molecule has 0 radical (unpaired) electrons. The van der Waals surface area contributed by atoms with Crippen molar-refractivity contribution in [3.63, 3.8) is 0 Å². The van der Waals surface area contributed by atoms with Gasteiger partial charge in [-0.25, -0.2) is 0 Å². The Labute approximate surface area is 614 Å². The van der Waals surface area contributed by atoms with Crippen LogP contribution < -0.4 is 0 Å². The highest BCUT2D eigenvalue weighted by atomic mass is 14.5. The Hall–Kier alpha value is -8.06. The van der Waals surface area contributed by atoms with Crippen molar-refractivity contribution in [2.75, 3.05) is 0 Å². The third-order valence-corrected chi connectivity index (χ3v) is 25.9. The Morgan fingerprint density at radius 1 is 0.196 bits per heavy atom. The maximum atomic E-state index is 2.94. The molecule has 0 spiro atoms. The van der Waals surface area contributed by atoms with E-state index in [9.17, 15) is 0 Å². The van der Waals surface area contributed by atoms with Crippen LogP contribution in [0.25, 0.3) is 111 Å². The van der Waals surface area contributed by atoms with Gasteiger partial charge < -0.3 is 0 Å². The van der Waals surface area contributed by atoms with E-state index in [1.54, 1.807) is 44.5 Å². The van der Waals surface area contributed by atoms with Gasteiger partial charge in [0.15, 0.2) is 0 Å². The second-order valence-electron chi connectivity index (χ2n) is 32.9. The van der Waals surface area contributed by atoms with E-state index in [0.717, 1.165) is 0 Å². The van der Waals surface area contributed by atoms with Crippen molar-refractivity contribution in [3.05, 3.63) is 251 Å². The third-order valence-electron chi connectivity index (χ3n) is 25.9. The van der Waals surface area contributed by atoms with Gasteiger partial charge in [-0.05, 0) is 229 Å². The van der Waals surface area contributed by atoms with Crippen LogP contribution in [-0.4, -0.2) is 0 Å². The van der Waals surface area contributed by atoms with Crippen molar-refractivity contribution < 1.29 is 0 Å². The SMILES string of the molecule is CCCCCCCCC1(CCCCCCCC)c2cc3c(cc2-c2cc4c(cc21)-c1cc2c(cc1C4(CCCCCCCC)CCCCCCCC)-c1c(cc(-c4ccccc4-c4ccccc4)c4ccccc14)C2(C)C)C(C)(C)c1cc(-c2ccccc2-c2ccccc2)c2ccccc2c1-3. The van der Waals surface area contributed by atoms with E-state index in [1.165, 1.54) is 290 Å². The first kappa shape index (κ1) is 69.6. The molecule has 0 nitrogen and oxygen atoms in total. The average Bonchev–Trinajstić information content (AvgIpc) is 1.51. The summed E-state index contributed by atoms with van der Waals surface area (Å²) in [4.78, 5) is 0. The minimum absolute atomic E-state index is 0.122. The smallest absolute Gasteiger partial charge is 0.0215 e. The summed E-state index contributed by atoms with van der Waals surface area (Å²) in [5.41, 5.74) is 34.3. The van der Waals surface area contributed by atoms with Crippen LogP contribution in [0.3, 0.4) is 0 Å². The summed E-state index contributed by atoms with van der Waals surface area (Å²) in [6, 6.07) is 82.1. The molecule has 0 aliphatic heterocycles. The summed E-state index contributed by atoms with van der Waals surface area (Å²) in [5, 5.41) is 5.46. The van der Waals surface area contributed by atoms with E-state index < -0.39 is 0 Å². The van der Waals surface area contributed by atoms with E-state index in [4.69, 9.17) is 0 Å². The zero-order valence-electron chi connectivity index (χ0n) is 63.4. The molecule has 0 heterocycles. The number of hydrogen-bond acceptors (Lipinski definition) is 0. The molecule has 102 heavy (non-hydrogen) atoms. The van der Waals surface area contributed by atoms with Crippen molar-refractivity contribution in [1.82, 2.24) is 0 Å². The van der Waals surface area contributed by atoms with Gasteiger partial charge in [-0.3, -0.25) is 0 Å². The molecule has 0 amide bonds. The topological polar surface area (TPSA) is 0 Å². The predicted molar refractivity (Wildman–Crippen MR) is 443 cm³/mol. The summed E-state index contributed by atoms with van der Waals surface area (Å²) in [6.07, 6.45) is 36.1. The fourth-order valence-corrected chi connectivity index (χ4v) is 20.4. The summed E-state index contributed by atoms with van der Waals surface area (Å²) in [5.74, 6) is 0. The molecule has 0 N–H and O–H groups in total. The van der Waals surface area contributed by atoms with Crippen LogP contribution in [0.5, 0.6) is 0 Å². The molecule has 4 aliphatic rings. The maximum absolute atomic E-state index is 2.94. The molecule has 11 aromatic rings. The summed E-state index contributed by atoms with van der Waals surface area (Å²) >= 11 is 0. The number of hydrogen-bond donors (Lipinski definition) is 0. The minimum atomic E-state index is -0.240. The van der Waals surface area contributed by atoms with E-state index >= 15 is 0 Å². The van der Waals surface area contributed by atoms with Crippen molar-refractivity contribution in [3.8, 4) is 89.0 Å². The lowest BCUT2D eigenvalue weighted by Crippen LogP contribution is -2.27. The number of rotatable bonds is 32. The second kappa shape index (κ2) is 30.0. The fraction of sp³-hybridized carbons (Fsp3) is 0.392. The van der Waals surface area contributed by atoms with Gasteiger partial charge in [-0.15, -0.1) is 0 Å². The van der Waals surface area contributed by atoms with Gasteiger partial charge in [-0.2, -0.15) is 0 Å². The van der Waals surface area contributed by atoms with Crippen LogP contribution in [0.15, 0.2) is 206 Å². The second-order valence-corrected chi connectivity index (χ2v) is 32.9. The Bertz CT molecular complexity index is 4470. The van der Waals surface area contributed by atoms with Crippen LogP contribution in [0, 0.1) is 0 Å². The molecule has 0 saturated carbocycles. The number of benzene rings is 11. The van der Waals surface area contributed by atoms with Crippen molar-refractivity contribution in [1.29, 1.82) is 0 Å². The number of fused-ring (bicyclic) bond motifs is 16. The molecule has 0 bridgehead atoms. The summed E-state index contributed by atoms with van der Waals surface area (Å²) in [7, 11) is 0. The van der Waals surface area contributed by atoms with Gasteiger partial charge in [0.2, 0.25) is 0 Å². The quantitative estimate of drug-likeness (QED) is 0.0369. The van der Waals surface area contributed by atoms with Gasteiger partial charge >= 0.3 is 0 Å². The minimum Gasteiger partial charge on any atom is -0.0654 e. The summed E-state index contributed by atoms with van der Waals surface area (Å²) in [6.45, 7) is 19.8. The lowest BCUT2D eigenvalue weighted by molar-refractivity contribution is 0.394. The summed E-state index contributed by atoms with van der Waals surface area (Å²) < 4.78 is 0. The molecule has 0 saturated heterocycles. The number of unbranched alkanes of at least 4 members (excludes halogenated alkanes) is 20. The van der Waals surface area contributed by atoms with E-state index in [-0.39, 0.29) is 21.7 Å². The van der Waals surface area contributed by atoms with Gasteiger partial charge in [0.05, 0.1) is 0 Å². The predicted octanol–water partition coefficient (Wildman–Crippen LogP) is 30.8. The van der Waals surface area contributed by atoms with Gasteiger partial charge in [0, 0.05) is 21.7 Å². The molecule has 4 aliphatic carbocycles. The maximum Gasteiger partial charge on any atom is 0.0215 e. The van der Waals surface area contributed by atoms with Crippen LogP contribution in [0.2, 0.25) is 0 Å². The third kappa shape index (κ3) is 12.4. The molecular formula is C102H114. The van der Waals surface area contributed by atoms with E-state index in [2.05, 4.69) is 262 Å². The van der Waals surface area contributed by atoms with Crippen molar-refractivity contribution in [2.24, 2.45) is 0 Å². The molecule has 0 fully saturated rings. The van der Waals surface area contributed by atoms with Crippen LogP contribution in [0.4, 0.5) is 0 Å². The first-order chi connectivity index (χ1) is 50.0. The standard InChI is InChI=1S/C102H114/c1-9-13-17-21-25-43-59-101(60-44-26-22-18-14-10-2)91-67-86-84-66-90-88(98-80-58-42-40-56-78(80)82(64-96(98)100(90,7)8)76-54-38-36-52-74(76)72-49-33-30-34-50-72)70-94(84)102(61-45-27-23-19-15-11-3,62-46-28-24-20-16-12-4)92(86)68-85(91)83-65-89-87(69-93(83)101)97-79-57-41-39-55-77(79)81(63-95(97)99(89,5)6)75-53-37-35-51-73(75)71-47-31-29-32-48-71/h29-42,47-58,63-70H,9-28,43-46,59-62H2,1-8H3. The van der Waals surface area contributed by atoms with Gasteiger partial charge in [0.1, 0.15) is 0 Å². The average molecular weight is 1340 g/mol. The molecule has 0 atom stereocenters. The zero-order valence-corrected chi connectivity index (χ0v) is 63.4. The Balaban J connectivity index is 0.958. The highest BCUT2D eigenvalue weighted by molar-refractivity contribution is 6.13. The van der Waals surface area contributed by atoms with Crippen LogP contribution >= 0.6 is 0 Å². The molecule has 522 valence electrons. The fourth-order valence-electron chi connectivity index (χ4n) is 20.4. The molecule has 0 unspecified atom stereocenters. The van der Waals surface area contributed by atoms with Crippen molar-refractivity contribution in [2.45, 2.75) is 257 Å². The largest absolute Gasteiger partial charge is 0.0654 e. The highest BCUT2D eigenvalue weighted by Crippen LogP contribution is 2.66. The molecule has 0 heteroatoms. The van der Waals surface area contributed by atoms with Gasteiger partial charge in [0.25, 0.3) is 0 Å². The lowest BCUT2D eigenvalue weighted by Gasteiger charge is -2.35. The van der Waals surface area contributed by atoms with Gasteiger partial charge in [-0.1, -0.05) is 367 Å². The first-order valence-electron chi connectivity index (χ1n) is 41.0. The molecule has 0 aromatic heterocycles. The van der Waals surface area contributed by atoms with E-state index in [1.807, 2.05) is 0 Å². The molecule has 15 rings (SSSR count). The monoisotopic (exact) mass is 1340 g/mol. The Morgan fingerprint density at radius 3 is 0.765 bits per heavy atom. The van der Waals surface area contributed by atoms with Crippen molar-refractivity contribution >= 4 is 21.5 Å². The normalized spacial score (nSPS) is 14.9.